The minimum absolute atomic E-state index is 0.0527. The average molecular weight is 202 g/mol. The molecule has 1 atom stereocenters. The number of hydrogen-bond acceptors (Lipinski definition) is 4. The summed E-state index contributed by atoms with van der Waals surface area (Å²) in [7, 11) is 0. The number of Topliss-reactive ketones (excluding diaryl/α,β-unsaturated/α-hetero) is 2. The van der Waals surface area contributed by atoms with E-state index in [9.17, 15) is 9.59 Å². The molecule has 1 aliphatic carbocycles. The molecule has 1 N–H and O–H groups in total. The molecule has 4 nitrogen and oxygen atoms in total. The van der Waals surface area contributed by atoms with Crippen LogP contribution in [-0.4, -0.2) is 35.7 Å². The molecule has 2 radical (unpaired) electrons. The maximum atomic E-state index is 12.0. The third-order valence-electron chi connectivity index (χ3n) is 2.95. The second-order valence-corrected chi connectivity index (χ2v) is 3.89. The zero-order chi connectivity index (χ0) is 10.4. The smallest absolute Gasteiger partial charge is 0.185 e. The van der Waals surface area contributed by atoms with Crippen molar-refractivity contribution in [2.75, 3.05) is 13.2 Å². The lowest BCUT2D eigenvalue weighted by molar-refractivity contribution is -0.123. The second kappa shape index (κ2) is 3.12. The van der Waals surface area contributed by atoms with Crippen LogP contribution in [0.15, 0.2) is 23.3 Å². The first-order chi connectivity index (χ1) is 7.27. The Hall–Kier alpha value is -1.26. The van der Waals surface area contributed by atoms with E-state index in [0.29, 0.717) is 30.8 Å². The molecule has 0 spiro atoms. The van der Waals surface area contributed by atoms with E-state index in [0.717, 1.165) is 0 Å². The van der Waals surface area contributed by atoms with Crippen molar-refractivity contribution < 1.29 is 9.59 Å². The Kier molecular flexibility index (Phi) is 1.87. The number of hydrogen-bond donors (Lipinski definition) is 1. The molecule has 76 valence electrons. The zero-order valence-electron chi connectivity index (χ0n) is 8.12. The minimum Gasteiger partial charge on any atom is -0.302 e. The van der Waals surface area contributed by atoms with Gasteiger partial charge in [-0.05, 0) is 5.57 Å². The standard InChI is InChI=1S/C11H10N2O2/c14-9-3-1-2-7-5-13-6-12-4-8(13)11(15)10(7)9/h1-2,8,12H,3-4,6H2. The van der Waals surface area contributed by atoms with Crippen LogP contribution >= 0.6 is 0 Å². The molecular formula is C11H10N2O2. The Balaban J connectivity index is 2.05. The molecule has 0 aromatic rings. The Morgan fingerprint density at radius 2 is 2.33 bits per heavy atom. The van der Waals surface area contributed by atoms with Gasteiger partial charge in [0, 0.05) is 19.6 Å². The summed E-state index contributed by atoms with van der Waals surface area (Å²) in [5.41, 5.74) is 0.999. The van der Waals surface area contributed by atoms with E-state index in [1.165, 1.54) is 0 Å². The molecule has 0 amide bonds. The number of allylic oxidation sites excluding steroid dienone is 1. The second-order valence-electron chi connectivity index (χ2n) is 3.89. The largest absolute Gasteiger partial charge is 0.302 e. The number of ketones is 2. The molecule has 0 aromatic carbocycles. The van der Waals surface area contributed by atoms with Gasteiger partial charge < -0.3 is 5.32 Å². The van der Waals surface area contributed by atoms with Crippen molar-refractivity contribution in [1.82, 2.24) is 10.2 Å². The highest BCUT2D eigenvalue weighted by Crippen LogP contribution is 2.29. The fraction of sp³-hybridized carbons (Fsp3) is 0.364. The highest BCUT2D eigenvalue weighted by atomic mass is 16.2. The monoisotopic (exact) mass is 202 g/mol. The predicted molar refractivity (Wildman–Crippen MR) is 52.5 cm³/mol. The number of fused-ring (bicyclic) bond motifs is 1. The van der Waals surface area contributed by atoms with Crippen LogP contribution in [0.25, 0.3) is 0 Å². The molecule has 3 aliphatic rings. The maximum Gasteiger partial charge on any atom is 0.185 e. The molecule has 1 saturated heterocycles. The van der Waals surface area contributed by atoms with Gasteiger partial charge >= 0.3 is 0 Å². The first-order valence-electron chi connectivity index (χ1n) is 4.99. The summed E-state index contributed by atoms with van der Waals surface area (Å²) in [6.07, 6.45) is 3.93. The Morgan fingerprint density at radius 3 is 3.20 bits per heavy atom. The third-order valence-corrected chi connectivity index (χ3v) is 2.95. The molecule has 2 heterocycles. The summed E-state index contributed by atoms with van der Waals surface area (Å²) in [4.78, 5) is 25.5. The van der Waals surface area contributed by atoms with Crippen molar-refractivity contribution in [1.29, 1.82) is 0 Å². The minimum atomic E-state index is -0.223. The highest BCUT2D eigenvalue weighted by Gasteiger charge is 2.40. The fourth-order valence-electron chi connectivity index (χ4n) is 2.20. The Bertz CT molecular complexity index is 409. The van der Waals surface area contributed by atoms with E-state index < -0.39 is 0 Å². The molecule has 15 heavy (non-hydrogen) atoms. The summed E-state index contributed by atoms with van der Waals surface area (Å²) in [6, 6.07) is -0.223. The summed E-state index contributed by atoms with van der Waals surface area (Å²) in [5, 5.41) is 3.10. The number of carbonyl (C=O) groups is 2. The number of nitrogens with zero attached hydrogens (tertiary/aromatic N) is 1. The van der Waals surface area contributed by atoms with Crippen LogP contribution in [0, 0.1) is 6.54 Å². The van der Waals surface area contributed by atoms with Crippen LogP contribution in [-0.2, 0) is 9.59 Å². The van der Waals surface area contributed by atoms with Gasteiger partial charge in [0.15, 0.2) is 11.6 Å². The first-order valence-corrected chi connectivity index (χ1v) is 4.99. The summed E-state index contributed by atoms with van der Waals surface area (Å²) < 4.78 is 0. The fourth-order valence-corrected chi connectivity index (χ4v) is 2.20. The summed E-state index contributed by atoms with van der Waals surface area (Å²) in [6.45, 7) is 4.35. The molecular weight excluding hydrogens is 192 g/mol. The van der Waals surface area contributed by atoms with E-state index in [1.54, 1.807) is 6.08 Å². The molecule has 4 heteroatoms. The lowest BCUT2D eigenvalue weighted by Crippen LogP contribution is -2.43. The van der Waals surface area contributed by atoms with Crippen LogP contribution in [0.2, 0.25) is 0 Å². The van der Waals surface area contributed by atoms with Crippen LogP contribution < -0.4 is 5.32 Å². The topological polar surface area (TPSA) is 49.4 Å². The first kappa shape index (κ1) is 9.00. The Labute approximate surface area is 87.6 Å². The van der Waals surface area contributed by atoms with Gasteiger partial charge in [-0.3, -0.25) is 14.5 Å². The maximum absolute atomic E-state index is 12.0. The van der Waals surface area contributed by atoms with Gasteiger partial charge in [0.2, 0.25) is 0 Å². The molecule has 0 aromatic heterocycles. The SMILES string of the molecule is O=C1CC=CC2=C1C(=O)C1CNCN1[C]2. The lowest BCUT2D eigenvalue weighted by Gasteiger charge is -2.29. The number of rotatable bonds is 0. The Morgan fingerprint density at radius 1 is 1.47 bits per heavy atom. The van der Waals surface area contributed by atoms with Crippen LogP contribution in [0.1, 0.15) is 6.42 Å². The molecule has 2 aliphatic heterocycles. The van der Waals surface area contributed by atoms with Gasteiger partial charge in [0.25, 0.3) is 0 Å². The van der Waals surface area contributed by atoms with E-state index in [4.69, 9.17) is 0 Å². The third kappa shape index (κ3) is 1.22. The van der Waals surface area contributed by atoms with Gasteiger partial charge in [-0.15, -0.1) is 0 Å². The van der Waals surface area contributed by atoms with Gasteiger partial charge in [0.05, 0.1) is 18.2 Å². The van der Waals surface area contributed by atoms with Crippen molar-refractivity contribution in [3.05, 3.63) is 29.8 Å². The number of nitrogens with one attached hydrogen (secondary N) is 1. The van der Waals surface area contributed by atoms with E-state index >= 15 is 0 Å². The molecule has 3 rings (SSSR count). The van der Waals surface area contributed by atoms with E-state index in [2.05, 4.69) is 11.9 Å². The predicted octanol–water partition coefficient (Wildman–Crippen LogP) is -0.335. The molecule has 0 saturated carbocycles. The molecule has 1 fully saturated rings. The van der Waals surface area contributed by atoms with Crippen molar-refractivity contribution in [3.63, 3.8) is 0 Å². The number of carbonyl (C=O) groups excluding carboxylic acids is 2. The van der Waals surface area contributed by atoms with Gasteiger partial charge in [-0.25, -0.2) is 0 Å². The van der Waals surface area contributed by atoms with Crippen LogP contribution in [0.5, 0.6) is 0 Å². The van der Waals surface area contributed by atoms with Gasteiger partial charge in [-0.1, -0.05) is 12.2 Å². The van der Waals surface area contributed by atoms with Crippen molar-refractivity contribution in [2.45, 2.75) is 12.5 Å². The van der Waals surface area contributed by atoms with Crippen molar-refractivity contribution in [2.24, 2.45) is 0 Å². The van der Waals surface area contributed by atoms with Crippen LogP contribution in [0.3, 0.4) is 0 Å². The van der Waals surface area contributed by atoms with Crippen LogP contribution in [0.4, 0.5) is 0 Å². The molecule has 0 bridgehead atoms. The average Bonchev–Trinajstić information content (AvgIpc) is 2.66. The van der Waals surface area contributed by atoms with E-state index in [1.807, 2.05) is 11.0 Å². The quantitative estimate of drug-likeness (QED) is 0.546. The summed E-state index contributed by atoms with van der Waals surface area (Å²) in [5.74, 6) is -0.125. The summed E-state index contributed by atoms with van der Waals surface area (Å²) >= 11 is 0. The van der Waals surface area contributed by atoms with Gasteiger partial charge in [0.1, 0.15) is 0 Å². The van der Waals surface area contributed by atoms with Crippen molar-refractivity contribution >= 4 is 11.6 Å². The van der Waals surface area contributed by atoms with E-state index in [-0.39, 0.29) is 17.6 Å². The van der Waals surface area contributed by atoms with Gasteiger partial charge in [-0.2, -0.15) is 0 Å². The van der Waals surface area contributed by atoms with Crippen molar-refractivity contribution in [3.8, 4) is 0 Å². The normalized spacial score (nSPS) is 30.8. The highest BCUT2D eigenvalue weighted by molar-refractivity contribution is 6.24. The lowest BCUT2D eigenvalue weighted by atomic mass is 9.86. The molecule has 1 unspecified atom stereocenters. The zero-order valence-corrected chi connectivity index (χ0v) is 8.12.